The van der Waals surface area contributed by atoms with Gasteiger partial charge in [0.1, 0.15) is 5.75 Å². The van der Waals surface area contributed by atoms with E-state index in [4.69, 9.17) is 16.3 Å². The van der Waals surface area contributed by atoms with Crippen LogP contribution in [-0.2, 0) is 4.79 Å². The predicted octanol–water partition coefficient (Wildman–Crippen LogP) is 4.71. The van der Waals surface area contributed by atoms with E-state index in [1.807, 2.05) is 56.3 Å². The lowest BCUT2D eigenvalue weighted by Gasteiger charge is -2.29. The molecule has 1 atom stereocenters. The molecule has 1 unspecified atom stereocenters. The van der Waals surface area contributed by atoms with E-state index in [2.05, 4.69) is 10.2 Å². The molecule has 152 valence electrons. The van der Waals surface area contributed by atoms with Gasteiger partial charge in [0, 0.05) is 11.6 Å². The second-order valence-corrected chi connectivity index (χ2v) is 7.50. The first kappa shape index (κ1) is 22.5. The number of ether oxygens (including phenoxy) is 1. The van der Waals surface area contributed by atoms with Crippen LogP contribution in [0.4, 0.5) is 0 Å². The van der Waals surface area contributed by atoms with Crippen molar-refractivity contribution in [2.75, 3.05) is 26.2 Å². The third kappa shape index (κ3) is 5.63. The second kappa shape index (κ2) is 10.7. The smallest absolute Gasteiger partial charge is 0.258 e. The number of hydrogen-bond donors (Lipinski definition) is 1. The Hall–Kier alpha value is -1.75. The molecule has 6 heteroatoms. The van der Waals surface area contributed by atoms with Gasteiger partial charge in [-0.15, -0.1) is 12.4 Å². The van der Waals surface area contributed by atoms with Crippen LogP contribution in [0.15, 0.2) is 42.5 Å². The Morgan fingerprint density at radius 3 is 2.39 bits per heavy atom. The summed E-state index contributed by atoms with van der Waals surface area (Å²) in [6, 6.07) is 13.9. The van der Waals surface area contributed by atoms with Gasteiger partial charge in [0.05, 0.1) is 6.04 Å². The highest BCUT2D eigenvalue weighted by molar-refractivity contribution is 6.31. The highest BCUT2D eigenvalue weighted by Crippen LogP contribution is 2.29. The molecule has 1 fully saturated rings. The van der Waals surface area contributed by atoms with Crippen LogP contribution in [-0.4, -0.2) is 37.0 Å². The third-order valence-corrected chi connectivity index (χ3v) is 5.44. The fourth-order valence-electron chi connectivity index (χ4n) is 3.66. The van der Waals surface area contributed by atoms with Crippen molar-refractivity contribution in [1.82, 2.24) is 10.2 Å². The van der Waals surface area contributed by atoms with Crippen LogP contribution < -0.4 is 10.1 Å². The zero-order valence-corrected chi connectivity index (χ0v) is 18.0. The summed E-state index contributed by atoms with van der Waals surface area (Å²) >= 11 is 6.42. The third-order valence-electron chi connectivity index (χ3n) is 5.09. The Labute approximate surface area is 178 Å². The zero-order valence-electron chi connectivity index (χ0n) is 16.4. The quantitative estimate of drug-likeness (QED) is 0.701. The second-order valence-electron chi connectivity index (χ2n) is 7.09. The summed E-state index contributed by atoms with van der Waals surface area (Å²) in [5, 5.41) is 3.78. The normalized spacial score (nSPS) is 15.0. The van der Waals surface area contributed by atoms with Gasteiger partial charge in [-0.05, 0) is 62.5 Å². The standard InChI is InChI=1S/C22H27ClN2O2.ClH/c1-16-8-7-9-17(2)22(16)27-15-21(26)24-14-20(25-12-5-6-13-25)18-10-3-4-11-19(18)23;/h3-4,7-11,20H,5-6,12-15H2,1-2H3,(H,24,26);1H. The summed E-state index contributed by atoms with van der Waals surface area (Å²) < 4.78 is 5.76. The maximum absolute atomic E-state index is 12.4. The Kier molecular flexibility index (Phi) is 8.61. The fraction of sp³-hybridized carbons (Fsp3) is 0.409. The van der Waals surface area contributed by atoms with Gasteiger partial charge in [-0.3, -0.25) is 9.69 Å². The van der Waals surface area contributed by atoms with Gasteiger partial charge in [0.2, 0.25) is 0 Å². The molecule has 3 rings (SSSR count). The highest BCUT2D eigenvalue weighted by atomic mass is 35.5. The topological polar surface area (TPSA) is 41.6 Å². The van der Waals surface area contributed by atoms with E-state index >= 15 is 0 Å². The molecular weight excluding hydrogens is 395 g/mol. The minimum atomic E-state index is -0.117. The van der Waals surface area contributed by atoms with E-state index < -0.39 is 0 Å². The van der Waals surface area contributed by atoms with Crippen molar-refractivity contribution in [2.45, 2.75) is 32.7 Å². The number of benzene rings is 2. The van der Waals surface area contributed by atoms with Gasteiger partial charge in [-0.25, -0.2) is 0 Å². The van der Waals surface area contributed by atoms with Crippen molar-refractivity contribution in [3.63, 3.8) is 0 Å². The molecule has 1 saturated heterocycles. The van der Waals surface area contributed by atoms with Crippen LogP contribution in [0.25, 0.3) is 0 Å². The van der Waals surface area contributed by atoms with Gasteiger partial charge < -0.3 is 10.1 Å². The zero-order chi connectivity index (χ0) is 19.2. The molecular formula is C22H28Cl2N2O2. The van der Waals surface area contributed by atoms with Crippen LogP contribution in [0, 0.1) is 13.8 Å². The Morgan fingerprint density at radius 1 is 1.11 bits per heavy atom. The fourth-order valence-corrected chi connectivity index (χ4v) is 3.92. The summed E-state index contributed by atoms with van der Waals surface area (Å²) in [5.41, 5.74) is 3.14. The lowest BCUT2D eigenvalue weighted by atomic mass is 10.1. The summed E-state index contributed by atoms with van der Waals surface area (Å²) in [6.07, 6.45) is 2.37. The van der Waals surface area contributed by atoms with Crippen molar-refractivity contribution in [3.05, 3.63) is 64.2 Å². The van der Waals surface area contributed by atoms with Gasteiger partial charge in [-0.2, -0.15) is 0 Å². The molecule has 28 heavy (non-hydrogen) atoms. The molecule has 0 aliphatic carbocycles. The van der Waals surface area contributed by atoms with E-state index in [0.717, 1.165) is 40.6 Å². The van der Waals surface area contributed by atoms with Crippen molar-refractivity contribution in [3.8, 4) is 5.75 Å². The predicted molar refractivity (Wildman–Crippen MR) is 117 cm³/mol. The van der Waals surface area contributed by atoms with Crippen LogP contribution >= 0.6 is 24.0 Å². The monoisotopic (exact) mass is 422 g/mol. The van der Waals surface area contributed by atoms with E-state index in [-0.39, 0.29) is 31.0 Å². The maximum atomic E-state index is 12.4. The first-order valence-corrected chi connectivity index (χ1v) is 9.88. The summed E-state index contributed by atoms with van der Waals surface area (Å²) in [5.74, 6) is 0.670. The molecule has 2 aromatic carbocycles. The molecule has 0 aromatic heterocycles. The van der Waals surface area contributed by atoms with Crippen LogP contribution in [0.2, 0.25) is 5.02 Å². The highest BCUT2D eigenvalue weighted by Gasteiger charge is 2.25. The molecule has 2 aromatic rings. The number of nitrogens with one attached hydrogen (secondary N) is 1. The van der Waals surface area contributed by atoms with E-state index in [9.17, 15) is 4.79 Å². The van der Waals surface area contributed by atoms with Crippen molar-refractivity contribution < 1.29 is 9.53 Å². The number of halogens is 2. The summed E-state index contributed by atoms with van der Waals surface area (Å²) in [7, 11) is 0. The summed E-state index contributed by atoms with van der Waals surface area (Å²) in [4.78, 5) is 14.8. The minimum absolute atomic E-state index is 0. The lowest BCUT2D eigenvalue weighted by Crippen LogP contribution is -2.38. The van der Waals surface area contributed by atoms with Crippen LogP contribution in [0.5, 0.6) is 5.75 Å². The van der Waals surface area contributed by atoms with E-state index in [1.165, 1.54) is 12.8 Å². The van der Waals surface area contributed by atoms with Gasteiger partial charge in [0.25, 0.3) is 5.91 Å². The number of carbonyl (C=O) groups excluding carboxylic acids is 1. The number of amides is 1. The molecule has 1 aliphatic rings. The first-order chi connectivity index (χ1) is 13.1. The molecule has 1 aliphatic heterocycles. The number of likely N-dealkylation sites (tertiary alicyclic amines) is 1. The molecule has 0 bridgehead atoms. The molecule has 4 nitrogen and oxygen atoms in total. The Bertz CT molecular complexity index is 772. The van der Waals surface area contributed by atoms with Crippen molar-refractivity contribution >= 4 is 29.9 Å². The summed E-state index contributed by atoms with van der Waals surface area (Å²) in [6.45, 7) is 6.58. The Balaban J connectivity index is 0.00000280. The molecule has 0 spiro atoms. The van der Waals surface area contributed by atoms with Crippen LogP contribution in [0.1, 0.15) is 35.6 Å². The van der Waals surface area contributed by atoms with Gasteiger partial charge in [-0.1, -0.05) is 48.0 Å². The van der Waals surface area contributed by atoms with Gasteiger partial charge in [0.15, 0.2) is 6.61 Å². The molecule has 1 heterocycles. The number of aryl methyl sites for hydroxylation is 2. The van der Waals surface area contributed by atoms with E-state index in [1.54, 1.807) is 0 Å². The van der Waals surface area contributed by atoms with Crippen LogP contribution in [0.3, 0.4) is 0 Å². The van der Waals surface area contributed by atoms with Crippen molar-refractivity contribution in [2.24, 2.45) is 0 Å². The number of rotatable bonds is 7. The number of nitrogens with zero attached hydrogens (tertiary/aromatic N) is 1. The number of hydrogen-bond acceptors (Lipinski definition) is 3. The average Bonchev–Trinajstić information content (AvgIpc) is 3.17. The van der Waals surface area contributed by atoms with Gasteiger partial charge >= 0.3 is 0 Å². The minimum Gasteiger partial charge on any atom is -0.483 e. The first-order valence-electron chi connectivity index (χ1n) is 9.50. The molecule has 0 radical (unpaired) electrons. The van der Waals surface area contributed by atoms with E-state index in [0.29, 0.717) is 6.54 Å². The lowest BCUT2D eigenvalue weighted by molar-refractivity contribution is -0.123. The largest absolute Gasteiger partial charge is 0.483 e. The SMILES string of the molecule is Cc1cccc(C)c1OCC(=O)NCC(c1ccccc1Cl)N1CCCC1.Cl. The molecule has 1 N–H and O–H groups in total. The molecule has 0 saturated carbocycles. The number of carbonyl (C=O) groups is 1. The van der Waals surface area contributed by atoms with Crippen molar-refractivity contribution in [1.29, 1.82) is 0 Å². The maximum Gasteiger partial charge on any atom is 0.258 e. The molecule has 1 amide bonds. The number of para-hydroxylation sites is 1. The average molecular weight is 423 g/mol. The Morgan fingerprint density at radius 2 is 1.75 bits per heavy atom.